The van der Waals surface area contributed by atoms with Gasteiger partial charge in [0.25, 0.3) is 5.91 Å². The Labute approximate surface area is 161 Å². The minimum absolute atomic E-state index is 0.287. The number of hydrogen-bond donors (Lipinski definition) is 0. The minimum Gasteiger partial charge on any atom is -0.378 e. The molecule has 1 saturated heterocycles. The normalized spacial score (nSPS) is 16.1. The van der Waals surface area contributed by atoms with Gasteiger partial charge in [-0.15, -0.1) is 0 Å². The molecule has 3 rings (SSSR count). The third kappa shape index (κ3) is 4.17. The van der Waals surface area contributed by atoms with Crippen LogP contribution in [0.25, 0.3) is 6.08 Å². The molecule has 1 amide bonds. The smallest absolute Gasteiger partial charge is 0.286 e. The van der Waals surface area contributed by atoms with E-state index in [-0.39, 0.29) is 11.7 Å². The zero-order valence-electron chi connectivity index (χ0n) is 14.2. The Bertz CT molecular complexity index is 890. The predicted octanol–water partition coefficient (Wildman–Crippen LogP) is 4.13. The molecule has 4 nitrogen and oxygen atoms in total. The minimum atomic E-state index is -0.320. The number of hydrogen-bond acceptors (Lipinski definition) is 5. The lowest BCUT2D eigenvalue weighted by molar-refractivity contribution is -0.122. The fourth-order valence-corrected chi connectivity index (χ4v) is 3.43. The van der Waals surface area contributed by atoms with Crippen molar-refractivity contribution < 1.29 is 9.18 Å². The van der Waals surface area contributed by atoms with Crippen LogP contribution in [0.4, 0.5) is 10.1 Å². The summed E-state index contributed by atoms with van der Waals surface area (Å²) in [4.78, 5) is 15.0. The van der Waals surface area contributed by atoms with Gasteiger partial charge in [0.1, 0.15) is 5.82 Å². The van der Waals surface area contributed by atoms with Crippen LogP contribution in [-0.2, 0) is 4.79 Å². The van der Waals surface area contributed by atoms with Gasteiger partial charge in [0.15, 0.2) is 4.32 Å². The number of benzene rings is 2. The summed E-state index contributed by atoms with van der Waals surface area (Å²) in [6, 6.07) is 13.7. The maximum atomic E-state index is 13.0. The van der Waals surface area contributed by atoms with Crippen molar-refractivity contribution in [2.75, 3.05) is 19.0 Å². The molecule has 0 bridgehead atoms. The molecule has 132 valence electrons. The molecular weight excluding hydrogens is 369 g/mol. The van der Waals surface area contributed by atoms with Gasteiger partial charge in [-0.2, -0.15) is 10.1 Å². The standard InChI is InChI=1S/C19H16FN3OS2/c1-22(2)16-9-5-14(6-10-16)12-21-23-18(24)17(26-19(23)25)11-13-3-7-15(20)8-4-13/h3-12H,1-2H3/b17-11+,21-12+. The monoisotopic (exact) mass is 385 g/mol. The van der Waals surface area contributed by atoms with Crippen molar-refractivity contribution in [3.05, 3.63) is 70.4 Å². The lowest BCUT2D eigenvalue weighted by atomic mass is 10.2. The quantitative estimate of drug-likeness (QED) is 0.450. The number of nitrogens with zero attached hydrogens (tertiary/aromatic N) is 3. The van der Waals surface area contributed by atoms with E-state index in [9.17, 15) is 9.18 Å². The van der Waals surface area contributed by atoms with E-state index in [2.05, 4.69) is 5.10 Å². The first-order chi connectivity index (χ1) is 12.4. The highest BCUT2D eigenvalue weighted by Gasteiger charge is 2.31. The number of thiocarbonyl (C=S) groups is 1. The highest BCUT2D eigenvalue weighted by Crippen LogP contribution is 2.32. The molecule has 0 aliphatic carbocycles. The molecule has 0 radical (unpaired) electrons. The summed E-state index contributed by atoms with van der Waals surface area (Å²) < 4.78 is 13.4. The first-order valence-corrected chi connectivity index (χ1v) is 9.01. The van der Waals surface area contributed by atoms with Crippen LogP contribution in [0.3, 0.4) is 0 Å². The Morgan fingerprint density at radius 3 is 2.31 bits per heavy atom. The lowest BCUT2D eigenvalue weighted by Crippen LogP contribution is -2.22. The summed E-state index contributed by atoms with van der Waals surface area (Å²) in [6.07, 6.45) is 3.28. The zero-order valence-corrected chi connectivity index (χ0v) is 15.9. The van der Waals surface area contributed by atoms with Crippen molar-refractivity contribution in [2.45, 2.75) is 0 Å². The molecule has 0 N–H and O–H groups in total. The molecule has 26 heavy (non-hydrogen) atoms. The SMILES string of the molecule is CN(C)c1ccc(/C=N/N2C(=O)/C(=C\c3ccc(F)cc3)SC2=S)cc1. The fourth-order valence-electron chi connectivity index (χ4n) is 2.25. The second-order valence-corrected chi connectivity index (χ2v) is 7.45. The Hall–Kier alpha value is -2.51. The molecule has 0 aromatic heterocycles. The maximum absolute atomic E-state index is 13.0. The molecule has 2 aromatic rings. The van der Waals surface area contributed by atoms with Crippen molar-refractivity contribution in [3.63, 3.8) is 0 Å². The van der Waals surface area contributed by atoms with Crippen LogP contribution >= 0.6 is 24.0 Å². The summed E-state index contributed by atoms with van der Waals surface area (Å²) in [6.45, 7) is 0. The topological polar surface area (TPSA) is 35.9 Å². The van der Waals surface area contributed by atoms with Crippen LogP contribution in [0.5, 0.6) is 0 Å². The third-order valence-electron chi connectivity index (χ3n) is 3.67. The molecule has 1 aliphatic heterocycles. The number of halogens is 1. The van der Waals surface area contributed by atoms with E-state index in [1.807, 2.05) is 43.3 Å². The van der Waals surface area contributed by atoms with E-state index in [1.54, 1.807) is 24.4 Å². The van der Waals surface area contributed by atoms with E-state index in [0.717, 1.165) is 16.8 Å². The molecule has 0 saturated carbocycles. The summed E-state index contributed by atoms with van der Waals surface area (Å²) in [7, 11) is 3.94. The molecule has 0 spiro atoms. The molecule has 0 unspecified atom stereocenters. The second-order valence-electron chi connectivity index (χ2n) is 5.78. The summed E-state index contributed by atoms with van der Waals surface area (Å²) >= 11 is 6.43. The largest absolute Gasteiger partial charge is 0.378 e. The fraction of sp³-hybridized carbons (Fsp3) is 0.105. The number of anilines is 1. The van der Waals surface area contributed by atoms with Crippen LogP contribution in [0.1, 0.15) is 11.1 Å². The molecule has 2 aromatic carbocycles. The van der Waals surface area contributed by atoms with Gasteiger partial charge in [0, 0.05) is 19.8 Å². The first-order valence-electron chi connectivity index (χ1n) is 7.79. The van der Waals surface area contributed by atoms with Crippen molar-refractivity contribution >= 4 is 52.2 Å². The second kappa shape index (κ2) is 7.80. The van der Waals surface area contributed by atoms with Crippen LogP contribution < -0.4 is 4.90 Å². The van der Waals surface area contributed by atoms with Gasteiger partial charge >= 0.3 is 0 Å². The van der Waals surface area contributed by atoms with E-state index < -0.39 is 0 Å². The van der Waals surface area contributed by atoms with Crippen molar-refractivity contribution in [1.29, 1.82) is 0 Å². The van der Waals surface area contributed by atoms with Crippen LogP contribution in [-0.4, -0.2) is 35.5 Å². The molecule has 7 heteroatoms. The van der Waals surface area contributed by atoms with Crippen LogP contribution in [0.2, 0.25) is 0 Å². The Balaban J connectivity index is 1.75. The summed E-state index contributed by atoms with van der Waals surface area (Å²) in [5.41, 5.74) is 2.68. The van der Waals surface area contributed by atoms with E-state index in [4.69, 9.17) is 12.2 Å². The summed E-state index contributed by atoms with van der Waals surface area (Å²) in [5.74, 6) is -0.606. The van der Waals surface area contributed by atoms with E-state index >= 15 is 0 Å². The Morgan fingerprint density at radius 1 is 1.08 bits per heavy atom. The molecule has 1 heterocycles. The number of rotatable bonds is 4. The van der Waals surface area contributed by atoms with E-state index in [0.29, 0.717) is 9.23 Å². The van der Waals surface area contributed by atoms with Gasteiger partial charge in [0.2, 0.25) is 0 Å². The Kier molecular flexibility index (Phi) is 5.49. The first kappa shape index (κ1) is 18.3. The molecular formula is C19H16FN3OS2. The van der Waals surface area contributed by atoms with Gasteiger partial charge in [-0.05, 0) is 53.7 Å². The number of amides is 1. The van der Waals surface area contributed by atoms with Gasteiger partial charge in [-0.25, -0.2) is 4.39 Å². The predicted molar refractivity (Wildman–Crippen MR) is 110 cm³/mol. The number of thioether (sulfide) groups is 1. The third-order valence-corrected chi connectivity index (χ3v) is 4.96. The number of carbonyl (C=O) groups excluding carboxylic acids is 1. The van der Waals surface area contributed by atoms with E-state index in [1.165, 1.54) is 28.9 Å². The average Bonchev–Trinajstić information content (AvgIpc) is 2.89. The van der Waals surface area contributed by atoms with Gasteiger partial charge in [-0.3, -0.25) is 4.79 Å². The van der Waals surface area contributed by atoms with Crippen molar-refractivity contribution in [2.24, 2.45) is 5.10 Å². The van der Waals surface area contributed by atoms with Gasteiger partial charge < -0.3 is 4.90 Å². The van der Waals surface area contributed by atoms with Gasteiger partial charge in [-0.1, -0.05) is 36.0 Å². The number of hydrazone groups is 1. The lowest BCUT2D eigenvalue weighted by Gasteiger charge is -2.12. The maximum Gasteiger partial charge on any atom is 0.286 e. The van der Waals surface area contributed by atoms with Gasteiger partial charge in [0.05, 0.1) is 11.1 Å². The number of carbonyl (C=O) groups is 1. The average molecular weight is 385 g/mol. The molecule has 1 aliphatic rings. The zero-order chi connectivity index (χ0) is 18.7. The van der Waals surface area contributed by atoms with Crippen molar-refractivity contribution in [3.8, 4) is 0 Å². The molecule has 1 fully saturated rings. The highest BCUT2D eigenvalue weighted by atomic mass is 32.2. The van der Waals surface area contributed by atoms with Crippen molar-refractivity contribution in [1.82, 2.24) is 5.01 Å². The molecule has 0 atom stereocenters. The van der Waals surface area contributed by atoms with Crippen LogP contribution in [0, 0.1) is 5.82 Å². The van der Waals surface area contributed by atoms with Crippen LogP contribution in [0.15, 0.2) is 58.5 Å². The summed E-state index contributed by atoms with van der Waals surface area (Å²) in [5, 5.41) is 5.42. The Morgan fingerprint density at radius 2 is 1.69 bits per heavy atom. The highest BCUT2D eigenvalue weighted by molar-refractivity contribution is 8.26.